The maximum atomic E-state index is 5.58. The Morgan fingerprint density at radius 3 is 2.56 bits per heavy atom. The first-order valence-electron chi connectivity index (χ1n) is 5.58. The molecule has 2 rings (SSSR count). The van der Waals surface area contributed by atoms with Gasteiger partial charge in [-0.25, -0.2) is 0 Å². The molecular weight excluding hydrogens is 218 g/mol. The fraction of sp³-hybridized carbons (Fsp3) is 0.462. The van der Waals surface area contributed by atoms with Crippen LogP contribution in [0, 0.1) is 4.84 Å². The summed E-state index contributed by atoms with van der Waals surface area (Å²) in [5, 5.41) is 0. The molecule has 0 saturated heterocycles. The number of rotatable bonds is 1. The Morgan fingerprint density at radius 2 is 2.00 bits per heavy atom. The Hall–Kier alpha value is -1.09. The van der Waals surface area contributed by atoms with Crippen molar-refractivity contribution in [2.75, 3.05) is 0 Å². The second-order valence-electron chi connectivity index (χ2n) is 5.14. The molecule has 0 aliphatic carbocycles. The van der Waals surface area contributed by atoms with Crippen molar-refractivity contribution in [2.24, 2.45) is 0 Å². The molecule has 0 fully saturated rings. The number of fused-ring (bicyclic) bond motifs is 1. The van der Waals surface area contributed by atoms with E-state index >= 15 is 0 Å². The molecule has 0 radical (unpaired) electrons. The quantitative estimate of drug-likeness (QED) is 0.744. The van der Waals surface area contributed by atoms with Crippen LogP contribution >= 0.6 is 12.2 Å². The smallest absolute Gasteiger partial charge is 0.266 e. The maximum absolute atomic E-state index is 5.58. The minimum absolute atomic E-state index is 0.0664. The molecule has 0 aliphatic rings. The van der Waals surface area contributed by atoms with Crippen LogP contribution in [0.4, 0.5) is 0 Å². The van der Waals surface area contributed by atoms with Crippen LogP contribution < -0.4 is 0 Å². The molecule has 0 spiro atoms. The first kappa shape index (κ1) is 11.4. The molecule has 0 bridgehead atoms. The minimum Gasteiger partial charge on any atom is -0.429 e. The highest BCUT2D eigenvalue weighted by atomic mass is 32.1. The molecule has 3 heteroatoms. The number of aromatic amines is 1. The second-order valence-corrected chi connectivity index (χ2v) is 5.51. The Labute approximate surface area is 101 Å². The zero-order valence-corrected chi connectivity index (χ0v) is 11.0. The van der Waals surface area contributed by atoms with E-state index in [9.17, 15) is 0 Å². The summed E-state index contributed by atoms with van der Waals surface area (Å²) in [6.07, 6.45) is 1.02. The largest absolute Gasteiger partial charge is 0.429 e. The minimum atomic E-state index is 0.0664. The lowest BCUT2D eigenvalue weighted by molar-refractivity contribution is 0.545. The van der Waals surface area contributed by atoms with Crippen LogP contribution in [0.5, 0.6) is 0 Å². The normalized spacial score (nSPS) is 12.2. The number of nitrogens with one attached hydrogen (secondary N) is 1. The van der Waals surface area contributed by atoms with Gasteiger partial charge in [0.25, 0.3) is 4.84 Å². The van der Waals surface area contributed by atoms with Crippen molar-refractivity contribution in [3.8, 4) is 0 Å². The first-order valence-corrected chi connectivity index (χ1v) is 5.99. The molecule has 0 aliphatic heterocycles. The summed E-state index contributed by atoms with van der Waals surface area (Å²) in [5.41, 5.74) is 4.50. The highest BCUT2D eigenvalue weighted by molar-refractivity contribution is 7.71. The monoisotopic (exact) mass is 235 g/mol. The fourth-order valence-corrected chi connectivity index (χ4v) is 2.07. The number of oxazole rings is 1. The van der Waals surface area contributed by atoms with Crippen LogP contribution in [-0.2, 0) is 11.8 Å². The van der Waals surface area contributed by atoms with Crippen LogP contribution in [0.3, 0.4) is 0 Å². The summed E-state index contributed by atoms with van der Waals surface area (Å²) in [6, 6.07) is 4.33. The SMILES string of the molecule is CCc1cc(C(C)(C)C)c2oc(=S)[nH]c2c1. The Bertz CT molecular complexity index is 572. The molecule has 1 N–H and O–H groups in total. The van der Waals surface area contributed by atoms with Gasteiger partial charge in [0.15, 0.2) is 5.58 Å². The predicted octanol–water partition coefficient (Wildman–Crippen LogP) is 4.35. The number of hydrogen-bond donors (Lipinski definition) is 1. The number of H-pyrrole nitrogens is 1. The van der Waals surface area contributed by atoms with Crippen LogP contribution in [0.1, 0.15) is 38.8 Å². The fourth-order valence-electron chi connectivity index (χ4n) is 1.88. The molecule has 1 heterocycles. The molecule has 0 unspecified atom stereocenters. The average Bonchev–Trinajstić information content (AvgIpc) is 2.54. The zero-order chi connectivity index (χ0) is 11.9. The van der Waals surface area contributed by atoms with Gasteiger partial charge < -0.3 is 9.40 Å². The van der Waals surface area contributed by atoms with Crippen molar-refractivity contribution in [3.05, 3.63) is 28.1 Å². The van der Waals surface area contributed by atoms with E-state index in [0.29, 0.717) is 4.84 Å². The number of hydrogen-bond acceptors (Lipinski definition) is 2. The summed E-state index contributed by atoms with van der Waals surface area (Å²) in [5.74, 6) is 0. The summed E-state index contributed by atoms with van der Waals surface area (Å²) in [4.78, 5) is 3.55. The van der Waals surface area contributed by atoms with Crippen LogP contribution in [0.25, 0.3) is 11.1 Å². The predicted molar refractivity (Wildman–Crippen MR) is 69.5 cm³/mol. The molecule has 0 atom stereocenters. The third-order valence-electron chi connectivity index (χ3n) is 2.80. The highest BCUT2D eigenvalue weighted by Gasteiger charge is 2.20. The van der Waals surface area contributed by atoms with Gasteiger partial charge in [-0.05, 0) is 35.7 Å². The van der Waals surface area contributed by atoms with E-state index < -0.39 is 0 Å². The topological polar surface area (TPSA) is 28.9 Å². The van der Waals surface area contributed by atoms with Gasteiger partial charge in [0.05, 0.1) is 5.52 Å². The van der Waals surface area contributed by atoms with Crippen molar-refractivity contribution in [2.45, 2.75) is 39.5 Å². The number of benzene rings is 1. The van der Waals surface area contributed by atoms with Gasteiger partial charge in [-0.1, -0.05) is 33.8 Å². The molecule has 16 heavy (non-hydrogen) atoms. The maximum Gasteiger partial charge on any atom is 0.266 e. The Balaban J connectivity index is 2.83. The van der Waals surface area contributed by atoms with Gasteiger partial charge in [-0.2, -0.15) is 0 Å². The number of aryl methyl sites for hydroxylation is 1. The van der Waals surface area contributed by atoms with Gasteiger partial charge in [0.1, 0.15) is 0 Å². The van der Waals surface area contributed by atoms with E-state index in [-0.39, 0.29) is 5.41 Å². The van der Waals surface area contributed by atoms with E-state index in [1.807, 2.05) is 0 Å². The van der Waals surface area contributed by atoms with Crippen molar-refractivity contribution < 1.29 is 4.42 Å². The highest BCUT2D eigenvalue weighted by Crippen LogP contribution is 2.31. The summed E-state index contributed by atoms with van der Waals surface area (Å²) >= 11 is 5.05. The zero-order valence-electron chi connectivity index (χ0n) is 10.2. The lowest BCUT2D eigenvalue weighted by Crippen LogP contribution is -2.11. The Morgan fingerprint density at radius 1 is 1.31 bits per heavy atom. The number of aromatic nitrogens is 1. The van der Waals surface area contributed by atoms with E-state index in [2.05, 4.69) is 44.8 Å². The second kappa shape index (κ2) is 3.74. The molecule has 1 aromatic carbocycles. The van der Waals surface area contributed by atoms with Crippen molar-refractivity contribution >= 4 is 23.3 Å². The molecule has 2 nitrogen and oxygen atoms in total. The van der Waals surface area contributed by atoms with Crippen LogP contribution in [-0.4, -0.2) is 4.98 Å². The van der Waals surface area contributed by atoms with Gasteiger partial charge >= 0.3 is 0 Å². The Kier molecular flexibility index (Phi) is 2.66. The van der Waals surface area contributed by atoms with Crippen LogP contribution in [0.15, 0.2) is 16.5 Å². The summed E-state index contributed by atoms with van der Waals surface area (Å²) in [6.45, 7) is 8.72. The standard InChI is InChI=1S/C13H17NOS/c1-5-8-6-9(13(2,3)4)11-10(7-8)14-12(16)15-11/h6-7H,5H2,1-4H3,(H,14,16). The molecule has 0 amide bonds. The molecular formula is C13H17NOS. The van der Waals surface area contributed by atoms with E-state index in [0.717, 1.165) is 17.5 Å². The average molecular weight is 235 g/mol. The summed E-state index contributed by atoms with van der Waals surface area (Å²) < 4.78 is 5.58. The van der Waals surface area contributed by atoms with Gasteiger partial charge in [-0.15, -0.1) is 0 Å². The molecule has 2 aromatic rings. The van der Waals surface area contributed by atoms with Crippen LogP contribution in [0.2, 0.25) is 0 Å². The van der Waals surface area contributed by atoms with Crippen molar-refractivity contribution in [1.29, 1.82) is 0 Å². The lowest BCUT2D eigenvalue weighted by atomic mass is 9.85. The lowest BCUT2D eigenvalue weighted by Gasteiger charge is -2.19. The van der Waals surface area contributed by atoms with E-state index in [1.165, 1.54) is 11.1 Å². The van der Waals surface area contributed by atoms with E-state index in [4.69, 9.17) is 16.6 Å². The van der Waals surface area contributed by atoms with E-state index in [1.54, 1.807) is 0 Å². The van der Waals surface area contributed by atoms with Gasteiger partial charge in [-0.3, -0.25) is 0 Å². The first-order chi connectivity index (χ1) is 7.41. The summed E-state index contributed by atoms with van der Waals surface area (Å²) in [7, 11) is 0. The molecule has 0 saturated carbocycles. The third-order valence-corrected chi connectivity index (χ3v) is 2.98. The van der Waals surface area contributed by atoms with Gasteiger partial charge in [0, 0.05) is 5.56 Å². The van der Waals surface area contributed by atoms with Crippen molar-refractivity contribution in [3.63, 3.8) is 0 Å². The molecule has 1 aromatic heterocycles. The van der Waals surface area contributed by atoms with Gasteiger partial charge in [0.2, 0.25) is 0 Å². The van der Waals surface area contributed by atoms with Crippen molar-refractivity contribution in [1.82, 2.24) is 4.98 Å². The molecule has 86 valence electrons. The third kappa shape index (κ3) is 1.92.